The van der Waals surface area contributed by atoms with Crippen LogP contribution in [-0.2, 0) is 23.9 Å². The Balaban J connectivity index is 1.61. The van der Waals surface area contributed by atoms with Crippen molar-refractivity contribution >= 4 is 40.4 Å². The van der Waals surface area contributed by atoms with Gasteiger partial charge in [-0.2, -0.15) is 0 Å². The molecule has 11 nitrogen and oxygen atoms in total. The number of hydrogen-bond acceptors (Lipinski definition) is 7. The Kier molecular flexibility index (Phi) is 9.34. The molecule has 3 atom stereocenters. The summed E-state index contributed by atoms with van der Waals surface area (Å²) in [6.45, 7) is 2.91. The van der Waals surface area contributed by atoms with Gasteiger partial charge in [-0.3, -0.25) is 24.0 Å². The third-order valence-corrected chi connectivity index (χ3v) is 6.25. The second-order valence-corrected chi connectivity index (χ2v) is 9.40. The van der Waals surface area contributed by atoms with Gasteiger partial charge in [-0.25, -0.2) is 4.39 Å². The van der Waals surface area contributed by atoms with Gasteiger partial charge in [0.2, 0.25) is 11.8 Å². The van der Waals surface area contributed by atoms with E-state index >= 15 is 0 Å². The second-order valence-electron chi connectivity index (χ2n) is 9.40. The average Bonchev–Trinajstić information content (AvgIpc) is 3.32. The highest BCUT2D eigenvalue weighted by Gasteiger charge is 2.31. The number of amides is 3. The zero-order valence-corrected chi connectivity index (χ0v) is 20.8. The molecule has 3 amide bonds. The fourth-order valence-electron chi connectivity index (χ4n) is 3.97. The van der Waals surface area contributed by atoms with Crippen molar-refractivity contribution in [3.8, 4) is 0 Å². The standard InChI is InChI=1S/C25H32FN5O6/c1-13(2)21(27)25(36)37-12-19(32)17(10-15-6-4-8-28-23(15)34)30-20(33)11-29-24(35)18-9-14-5-3-7-16(26)22(14)31-18/h3,5,7,9,13,15,17,21,31H,4,6,8,10-12,27H2,1-2H3,(H,28,34)(H,29,35)(H,30,33)/t15-,17?,21?/m0/s1. The van der Waals surface area contributed by atoms with Gasteiger partial charge >= 0.3 is 5.97 Å². The lowest BCUT2D eigenvalue weighted by Crippen LogP contribution is -2.50. The molecule has 1 saturated heterocycles. The van der Waals surface area contributed by atoms with Crippen molar-refractivity contribution in [2.75, 3.05) is 19.7 Å². The molecule has 6 N–H and O–H groups in total. The number of ketones is 1. The van der Waals surface area contributed by atoms with Gasteiger partial charge in [0.25, 0.3) is 5.91 Å². The number of nitrogens with one attached hydrogen (secondary N) is 4. The topological polar surface area (TPSA) is 172 Å². The number of nitrogens with two attached hydrogens (primary N) is 1. The number of aromatic nitrogens is 1. The number of halogens is 1. The minimum atomic E-state index is -1.12. The van der Waals surface area contributed by atoms with Crippen LogP contribution in [0.4, 0.5) is 4.39 Å². The number of H-pyrrole nitrogens is 1. The van der Waals surface area contributed by atoms with Crippen LogP contribution in [0.15, 0.2) is 24.3 Å². The first kappa shape index (κ1) is 27.8. The number of ether oxygens (including phenoxy) is 1. The van der Waals surface area contributed by atoms with E-state index in [1.807, 2.05) is 0 Å². The Morgan fingerprint density at radius 3 is 2.68 bits per heavy atom. The number of fused-ring (bicyclic) bond motifs is 1. The number of benzene rings is 1. The molecule has 37 heavy (non-hydrogen) atoms. The summed E-state index contributed by atoms with van der Waals surface area (Å²) in [6, 6.07) is 3.83. The monoisotopic (exact) mass is 517 g/mol. The van der Waals surface area contributed by atoms with Gasteiger partial charge in [0.15, 0.2) is 12.4 Å². The molecule has 1 aromatic heterocycles. The maximum absolute atomic E-state index is 13.9. The number of aromatic amines is 1. The molecule has 0 spiro atoms. The number of hydrogen-bond donors (Lipinski definition) is 5. The van der Waals surface area contributed by atoms with E-state index in [4.69, 9.17) is 10.5 Å². The van der Waals surface area contributed by atoms with E-state index in [1.54, 1.807) is 19.9 Å². The van der Waals surface area contributed by atoms with Gasteiger partial charge < -0.3 is 31.4 Å². The summed E-state index contributed by atoms with van der Waals surface area (Å²) in [5.41, 5.74) is 5.98. The van der Waals surface area contributed by atoms with E-state index in [0.717, 1.165) is 6.42 Å². The zero-order chi connectivity index (χ0) is 27.1. The molecule has 1 aliphatic heterocycles. The minimum Gasteiger partial charge on any atom is -0.456 e. The molecule has 2 unspecified atom stereocenters. The number of carbonyl (C=O) groups is 5. The Labute approximate surface area is 213 Å². The van der Waals surface area contributed by atoms with Crippen LogP contribution >= 0.6 is 0 Å². The molecule has 0 radical (unpaired) electrons. The van der Waals surface area contributed by atoms with Crippen LogP contribution in [0.1, 0.15) is 43.6 Å². The second kappa shape index (κ2) is 12.4. The van der Waals surface area contributed by atoms with Crippen molar-refractivity contribution in [3.63, 3.8) is 0 Å². The van der Waals surface area contributed by atoms with Gasteiger partial charge in [-0.15, -0.1) is 0 Å². The fraction of sp³-hybridized carbons (Fsp3) is 0.480. The van der Waals surface area contributed by atoms with Crippen LogP contribution in [-0.4, -0.2) is 66.2 Å². The van der Waals surface area contributed by atoms with Crippen molar-refractivity contribution in [2.24, 2.45) is 17.6 Å². The van der Waals surface area contributed by atoms with Crippen molar-refractivity contribution in [1.82, 2.24) is 20.9 Å². The van der Waals surface area contributed by atoms with Crippen LogP contribution < -0.4 is 21.7 Å². The Morgan fingerprint density at radius 1 is 1.24 bits per heavy atom. The van der Waals surface area contributed by atoms with E-state index in [2.05, 4.69) is 20.9 Å². The van der Waals surface area contributed by atoms with Crippen molar-refractivity contribution in [1.29, 1.82) is 0 Å². The van der Waals surface area contributed by atoms with Crippen molar-refractivity contribution < 1.29 is 33.1 Å². The molecule has 1 aliphatic rings. The van der Waals surface area contributed by atoms with Gasteiger partial charge in [0.05, 0.1) is 18.1 Å². The first-order valence-corrected chi connectivity index (χ1v) is 12.1. The number of carbonyl (C=O) groups excluding carboxylic acids is 5. The lowest BCUT2D eigenvalue weighted by Gasteiger charge is -2.26. The smallest absolute Gasteiger partial charge is 0.323 e. The summed E-state index contributed by atoms with van der Waals surface area (Å²) in [5.74, 6) is -4.12. The van der Waals surface area contributed by atoms with Gasteiger partial charge in [0.1, 0.15) is 17.6 Å². The molecule has 12 heteroatoms. The molecule has 0 aliphatic carbocycles. The largest absolute Gasteiger partial charge is 0.456 e. The molecular weight excluding hydrogens is 485 g/mol. The normalized spacial score (nSPS) is 17.1. The molecular formula is C25H32FN5O6. The lowest BCUT2D eigenvalue weighted by molar-refractivity contribution is -0.151. The average molecular weight is 518 g/mol. The predicted octanol–water partition coefficient (Wildman–Crippen LogP) is 0.534. The van der Waals surface area contributed by atoms with E-state index in [9.17, 15) is 28.4 Å². The maximum Gasteiger partial charge on any atom is 0.323 e. The molecule has 1 aromatic carbocycles. The maximum atomic E-state index is 13.9. The molecule has 0 saturated carbocycles. The molecule has 2 aromatic rings. The predicted molar refractivity (Wildman–Crippen MR) is 132 cm³/mol. The van der Waals surface area contributed by atoms with E-state index in [1.165, 1.54) is 18.2 Å². The van der Waals surface area contributed by atoms with E-state index < -0.39 is 60.5 Å². The Hall–Kier alpha value is -3.80. The molecule has 200 valence electrons. The number of piperidine rings is 1. The number of esters is 1. The van der Waals surface area contributed by atoms with Gasteiger partial charge in [-0.1, -0.05) is 26.0 Å². The highest BCUT2D eigenvalue weighted by molar-refractivity contribution is 6.00. The summed E-state index contributed by atoms with van der Waals surface area (Å²) in [4.78, 5) is 64.9. The molecule has 1 fully saturated rings. The van der Waals surface area contributed by atoms with Crippen LogP contribution in [0.25, 0.3) is 10.9 Å². The Bertz CT molecular complexity index is 1180. The molecule has 3 rings (SSSR count). The summed E-state index contributed by atoms with van der Waals surface area (Å²) < 4.78 is 18.9. The van der Waals surface area contributed by atoms with Crippen molar-refractivity contribution in [3.05, 3.63) is 35.8 Å². The van der Waals surface area contributed by atoms with Crippen LogP contribution in [0.3, 0.4) is 0 Å². The number of rotatable bonds is 11. The summed E-state index contributed by atoms with van der Waals surface area (Å²) in [6.07, 6.45) is 1.28. The highest BCUT2D eigenvalue weighted by Crippen LogP contribution is 2.19. The van der Waals surface area contributed by atoms with Crippen LogP contribution in [0, 0.1) is 17.7 Å². The third-order valence-electron chi connectivity index (χ3n) is 6.25. The van der Waals surface area contributed by atoms with Crippen LogP contribution in [0.2, 0.25) is 0 Å². The SMILES string of the molecule is CC(C)C(N)C(=O)OCC(=O)C(C[C@@H]1CCCNC1=O)NC(=O)CNC(=O)c1cc2cccc(F)c2[nH]1. The van der Waals surface area contributed by atoms with Gasteiger partial charge in [-0.05, 0) is 37.3 Å². The molecule has 2 heterocycles. The summed E-state index contributed by atoms with van der Waals surface area (Å²) >= 11 is 0. The van der Waals surface area contributed by atoms with E-state index in [0.29, 0.717) is 18.4 Å². The van der Waals surface area contributed by atoms with E-state index in [-0.39, 0.29) is 29.5 Å². The minimum absolute atomic E-state index is 0.0133. The fourth-order valence-corrected chi connectivity index (χ4v) is 3.97. The first-order valence-electron chi connectivity index (χ1n) is 12.1. The van der Waals surface area contributed by atoms with Gasteiger partial charge in [0, 0.05) is 17.8 Å². The third kappa shape index (κ3) is 7.35. The molecule has 0 bridgehead atoms. The van der Waals surface area contributed by atoms with Crippen molar-refractivity contribution in [2.45, 2.75) is 45.2 Å². The first-order chi connectivity index (χ1) is 17.6. The quantitative estimate of drug-likeness (QED) is 0.270. The Morgan fingerprint density at radius 2 is 2.00 bits per heavy atom. The summed E-state index contributed by atoms with van der Waals surface area (Å²) in [7, 11) is 0. The number of Topliss-reactive ketones (excluding diaryl/α,β-unsaturated/α-hetero) is 1. The summed E-state index contributed by atoms with van der Waals surface area (Å²) in [5, 5.41) is 8.17. The zero-order valence-electron chi connectivity index (χ0n) is 20.8. The highest BCUT2D eigenvalue weighted by atomic mass is 19.1. The lowest BCUT2D eigenvalue weighted by atomic mass is 9.90. The van der Waals surface area contributed by atoms with Crippen LogP contribution in [0.5, 0.6) is 0 Å². The number of para-hydroxylation sites is 1.